The third-order valence-electron chi connectivity index (χ3n) is 6.34. The van der Waals surface area contributed by atoms with Gasteiger partial charge in [0, 0.05) is 12.8 Å². The highest BCUT2D eigenvalue weighted by Gasteiger charge is 2.37. The van der Waals surface area contributed by atoms with Gasteiger partial charge < -0.3 is 15.8 Å². The summed E-state index contributed by atoms with van der Waals surface area (Å²) in [5.41, 5.74) is 10.4. The second kappa shape index (κ2) is 10.9. The SMILES string of the molecule is Cc1ccccc1C[C@@H](NC(=O)[C@@H]1Cc2ccccc2CN1C(=O)OCc1ccccc1)C(N)=O. The molecule has 4 rings (SSSR count). The predicted molar refractivity (Wildman–Crippen MR) is 132 cm³/mol. The Hall–Kier alpha value is -4.13. The molecule has 3 aromatic rings. The molecular weight excluding hydrogens is 442 g/mol. The number of amides is 3. The van der Waals surface area contributed by atoms with Gasteiger partial charge in [-0.15, -0.1) is 0 Å². The van der Waals surface area contributed by atoms with E-state index in [4.69, 9.17) is 10.5 Å². The number of hydrogen-bond acceptors (Lipinski definition) is 4. The molecule has 180 valence electrons. The van der Waals surface area contributed by atoms with E-state index in [1.165, 1.54) is 4.90 Å². The smallest absolute Gasteiger partial charge is 0.411 e. The number of benzene rings is 3. The minimum Gasteiger partial charge on any atom is -0.445 e. The average Bonchev–Trinajstić information content (AvgIpc) is 2.87. The van der Waals surface area contributed by atoms with Gasteiger partial charge in [0.25, 0.3) is 0 Å². The molecule has 7 nitrogen and oxygen atoms in total. The molecule has 1 aliphatic heterocycles. The summed E-state index contributed by atoms with van der Waals surface area (Å²) in [7, 11) is 0. The van der Waals surface area contributed by atoms with E-state index in [9.17, 15) is 14.4 Å². The maximum absolute atomic E-state index is 13.4. The van der Waals surface area contributed by atoms with E-state index in [0.717, 1.165) is 27.8 Å². The van der Waals surface area contributed by atoms with Crippen LogP contribution in [0.2, 0.25) is 0 Å². The number of nitrogens with one attached hydrogen (secondary N) is 1. The third-order valence-corrected chi connectivity index (χ3v) is 6.34. The van der Waals surface area contributed by atoms with E-state index in [0.29, 0.717) is 6.42 Å². The molecule has 0 saturated heterocycles. The van der Waals surface area contributed by atoms with Crippen molar-refractivity contribution in [2.45, 2.75) is 45.0 Å². The van der Waals surface area contributed by atoms with Crippen LogP contribution in [0.4, 0.5) is 4.79 Å². The standard InChI is InChI=1S/C28H29N3O4/c1-19-9-5-6-12-21(19)15-24(26(29)32)30-27(33)25-16-22-13-7-8-14-23(22)17-31(25)28(34)35-18-20-10-3-2-4-11-20/h2-14,24-25H,15-18H2,1H3,(H2,29,32)(H,30,33)/t24-,25+/m1/s1. The van der Waals surface area contributed by atoms with Crippen molar-refractivity contribution in [3.63, 3.8) is 0 Å². The Bertz CT molecular complexity index is 1210. The number of primary amides is 1. The van der Waals surface area contributed by atoms with Gasteiger partial charge >= 0.3 is 6.09 Å². The highest BCUT2D eigenvalue weighted by atomic mass is 16.6. The second-order valence-corrected chi connectivity index (χ2v) is 8.75. The number of carbonyl (C=O) groups is 3. The molecule has 3 aromatic carbocycles. The van der Waals surface area contributed by atoms with Crippen molar-refractivity contribution < 1.29 is 19.1 Å². The fourth-order valence-electron chi connectivity index (χ4n) is 4.30. The van der Waals surface area contributed by atoms with Gasteiger partial charge in [-0.05, 0) is 34.7 Å². The van der Waals surface area contributed by atoms with Gasteiger partial charge in [0.15, 0.2) is 0 Å². The molecule has 3 amide bonds. The van der Waals surface area contributed by atoms with Crippen LogP contribution >= 0.6 is 0 Å². The average molecular weight is 472 g/mol. The third kappa shape index (κ3) is 5.87. The molecule has 1 aliphatic rings. The Morgan fingerprint density at radius 1 is 0.971 bits per heavy atom. The van der Waals surface area contributed by atoms with Crippen LogP contribution in [-0.4, -0.2) is 34.9 Å². The van der Waals surface area contributed by atoms with Crippen LogP contribution in [0.5, 0.6) is 0 Å². The predicted octanol–water partition coefficient (Wildman–Crippen LogP) is 3.27. The molecule has 0 fully saturated rings. The highest BCUT2D eigenvalue weighted by Crippen LogP contribution is 2.25. The molecule has 0 bridgehead atoms. The lowest BCUT2D eigenvalue weighted by Crippen LogP contribution is -2.56. The zero-order valence-electron chi connectivity index (χ0n) is 19.6. The van der Waals surface area contributed by atoms with Gasteiger partial charge in [-0.2, -0.15) is 0 Å². The van der Waals surface area contributed by atoms with Crippen LogP contribution < -0.4 is 11.1 Å². The van der Waals surface area contributed by atoms with Crippen molar-refractivity contribution in [1.82, 2.24) is 10.2 Å². The largest absolute Gasteiger partial charge is 0.445 e. The summed E-state index contributed by atoms with van der Waals surface area (Å²) in [5, 5.41) is 2.79. The maximum atomic E-state index is 13.4. The number of fused-ring (bicyclic) bond motifs is 1. The van der Waals surface area contributed by atoms with Crippen LogP contribution in [0.15, 0.2) is 78.9 Å². The molecular formula is C28H29N3O4. The lowest BCUT2D eigenvalue weighted by molar-refractivity contribution is -0.131. The number of hydrogen-bond donors (Lipinski definition) is 2. The minimum atomic E-state index is -0.900. The molecule has 0 spiro atoms. The van der Waals surface area contributed by atoms with E-state index < -0.39 is 30.0 Å². The monoisotopic (exact) mass is 471 g/mol. The Kier molecular flexibility index (Phi) is 7.45. The Morgan fingerprint density at radius 3 is 2.34 bits per heavy atom. The van der Waals surface area contributed by atoms with E-state index in [1.54, 1.807) is 0 Å². The van der Waals surface area contributed by atoms with Gasteiger partial charge in [-0.3, -0.25) is 14.5 Å². The molecule has 0 unspecified atom stereocenters. The molecule has 1 heterocycles. The molecule has 2 atom stereocenters. The number of nitrogens with zero attached hydrogens (tertiary/aromatic N) is 1. The first-order chi connectivity index (χ1) is 16.9. The van der Waals surface area contributed by atoms with Crippen molar-refractivity contribution in [3.8, 4) is 0 Å². The number of ether oxygens (including phenoxy) is 1. The fraction of sp³-hybridized carbons (Fsp3) is 0.250. The number of nitrogens with two attached hydrogens (primary N) is 1. The van der Waals surface area contributed by atoms with Crippen LogP contribution in [0.25, 0.3) is 0 Å². The summed E-state index contributed by atoms with van der Waals surface area (Å²) in [6.07, 6.45) is 0.00592. The van der Waals surface area contributed by atoms with Gasteiger partial charge in [0.1, 0.15) is 18.7 Å². The molecule has 0 radical (unpaired) electrons. The van der Waals surface area contributed by atoms with Crippen molar-refractivity contribution in [2.24, 2.45) is 5.73 Å². The van der Waals surface area contributed by atoms with Gasteiger partial charge in [-0.1, -0.05) is 78.9 Å². The molecule has 35 heavy (non-hydrogen) atoms. The quantitative estimate of drug-likeness (QED) is 0.552. The number of aryl methyl sites for hydroxylation is 1. The van der Waals surface area contributed by atoms with E-state index in [1.807, 2.05) is 85.8 Å². The molecule has 0 aliphatic carbocycles. The minimum absolute atomic E-state index is 0.101. The lowest BCUT2D eigenvalue weighted by atomic mass is 9.93. The van der Waals surface area contributed by atoms with Crippen LogP contribution in [0.3, 0.4) is 0 Å². The van der Waals surface area contributed by atoms with E-state index in [2.05, 4.69) is 5.32 Å². The number of carbonyl (C=O) groups excluding carboxylic acids is 3. The molecule has 3 N–H and O–H groups in total. The summed E-state index contributed by atoms with van der Waals surface area (Å²) in [6, 6.07) is 23.0. The first-order valence-corrected chi connectivity index (χ1v) is 11.6. The Labute approximate surface area is 204 Å². The van der Waals surface area contributed by atoms with Gasteiger partial charge in [0.05, 0.1) is 6.54 Å². The summed E-state index contributed by atoms with van der Waals surface area (Å²) < 4.78 is 5.54. The second-order valence-electron chi connectivity index (χ2n) is 8.75. The summed E-state index contributed by atoms with van der Waals surface area (Å²) in [5.74, 6) is -1.07. The highest BCUT2D eigenvalue weighted by molar-refractivity contribution is 5.91. The normalized spacial score (nSPS) is 15.6. The van der Waals surface area contributed by atoms with Gasteiger partial charge in [-0.25, -0.2) is 4.79 Å². The van der Waals surface area contributed by atoms with Crippen molar-refractivity contribution in [1.29, 1.82) is 0 Å². The fourth-order valence-corrected chi connectivity index (χ4v) is 4.30. The topological polar surface area (TPSA) is 102 Å². The van der Waals surface area contributed by atoms with Crippen LogP contribution in [0, 0.1) is 6.92 Å². The summed E-state index contributed by atoms with van der Waals surface area (Å²) in [6.45, 7) is 2.28. The lowest BCUT2D eigenvalue weighted by Gasteiger charge is -2.35. The molecule has 0 saturated carbocycles. The van der Waals surface area contributed by atoms with Gasteiger partial charge in [0.2, 0.25) is 11.8 Å². The Balaban J connectivity index is 1.52. The summed E-state index contributed by atoms with van der Waals surface area (Å²) >= 11 is 0. The zero-order valence-corrected chi connectivity index (χ0v) is 19.6. The zero-order chi connectivity index (χ0) is 24.8. The van der Waals surface area contributed by atoms with Crippen molar-refractivity contribution in [2.75, 3.05) is 0 Å². The van der Waals surface area contributed by atoms with Crippen LogP contribution in [-0.2, 0) is 40.3 Å². The van der Waals surface area contributed by atoms with Crippen molar-refractivity contribution in [3.05, 3.63) is 107 Å². The first-order valence-electron chi connectivity index (χ1n) is 11.6. The van der Waals surface area contributed by atoms with Crippen molar-refractivity contribution >= 4 is 17.9 Å². The van der Waals surface area contributed by atoms with E-state index in [-0.39, 0.29) is 19.6 Å². The first kappa shape index (κ1) is 24.0. The van der Waals surface area contributed by atoms with E-state index >= 15 is 0 Å². The molecule has 7 heteroatoms. The maximum Gasteiger partial charge on any atom is 0.411 e. The van der Waals surface area contributed by atoms with Crippen LogP contribution in [0.1, 0.15) is 27.8 Å². The molecule has 0 aromatic heterocycles. The Morgan fingerprint density at radius 2 is 1.63 bits per heavy atom. The number of rotatable bonds is 7. The summed E-state index contributed by atoms with van der Waals surface area (Å²) in [4.78, 5) is 40.1.